The van der Waals surface area contributed by atoms with Crippen LogP contribution in [0.5, 0.6) is 11.5 Å². The quantitative estimate of drug-likeness (QED) is 0.258. The number of hydrogen-bond acceptors (Lipinski definition) is 3. The van der Waals surface area contributed by atoms with Gasteiger partial charge >= 0.3 is 0 Å². The summed E-state index contributed by atoms with van der Waals surface area (Å²) >= 11 is 0. The van der Waals surface area contributed by atoms with Crippen molar-refractivity contribution in [3.63, 3.8) is 0 Å². The highest BCUT2D eigenvalue weighted by Gasteiger charge is 2.27. The fourth-order valence-electron chi connectivity index (χ4n) is 5.08. The van der Waals surface area contributed by atoms with Crippen molar-refractivity contribution in [3.8, 4) is 17.6 Å². The molecular weight excluding hydrogens is 392 g/mol. The lowest BCUT2D eigenvalue weighted by molar-refractivity contribution is 0.477. The molecule has 0 saturated carbocycles. The van der Waals surface area contributed by atoms with Gasteiger partial charge in [0.25, 0.3) is 0 Å². The average molecular weight is 408 g/mol. The van der Waals surface area contributed by atoms with E-state index in [1.807, 2.05) is 54.6 Å². The third-order valence-electron chi connectivity index (χ3n) is 6.40. The first-order valence-electron chi connectivity index (χ1n) is 10.6. The molecule has 1 aliphatic rings. The second-order valence-electron chi connectivity index (χ2n) is 8.11. The van der Waals surface area contributed by atoms with E-state index >= 15 is 0 Å². The second-order valence-corrected chi connectivity index (χ2v) is 8.11. The van der Waals surface area contributed by atoms with Gasteiger partial charge in [0.1, 0.15) is 0 Å². The van der Waals surface area contributed by atoms with Gasteiger partial charge in [0.05, 0.1) is 28.7 Å². The van der Waals surface area contributed by atoms with E-state index in [1.54, 1.807) is 0 Å². The number of ether oxygens (including phenoxy) is 1. The summed E-state index contributed by atoms with van der Waals surface area (Å²) in [7, 11) is 0. The molecule has 0 atom stereocenters. The Hall–Kier alpha value is -4.55. The Morgan fingerprint density at radius 2 is 1.19 bits per heavy atom. The molecule has 0 aliphatic carbocycles. The molecule has 6 aromatic carbocycles. The van der Waals surface area contributed by atoms with Gasteiger partial charge in [0.2, 0.25) is 0 Å². The van der Waals surface area contributed by atoms with E-state index in [0.717, 1.165) is 55.5 Å². The number of fused-ring (bicyclic) bond motifs is 2. The van der Waals surface area contributed by atoms with Gasteiger partial charge in [-0.2, -0.15) is 5.26 Å². The van der Waals surface area contributed by atoms with Crippen molar-refractivity contribution < 1.29 is 4.74 Å². The minimum Gasteiger partial charge on any atom is -0.453 e. The van der Waals surface area contributed by atoms with Gasteiger partial charge in [-0.1, -0.05) is 60.7 Å². The lowest BCUT2D eigenvalue weighted by Crippen LogP contribution is -2.16. The Labute approximate surface area is 184 Å². The molecule has 0 bridgehead atoms. The van der Waals surface area contributed by atoms with Crippen molar-refractivity contribution in [2.75, 3.05) is 4.90 Å². The maximum atomic E-state index is 9.76. The highest BCUT2D eigenvalue weighted by atomic mass is 16.5. The van der Waals surface area contributed by atoms with E-state index in [9.17, 15) is 5.26 Å². The second kappa shape index (κ2) is 6.23. The Balaban J connectivity index is 1.66. The molecule has 0 spiro atoms. The first kappa shape index (κ1) is 17.2. The number of hydrogen-bond donors (Lipinski definition) is 0. The zero-order chi connectivity index (χ0) is 21.2. The molecular formula is C29H16N2O. The molecule has 32 heavy (non-hydrogen) atoms. The van der Waals surface area contributed by atoms with Crippen LogP contribution in [0.15, 0.2) is 97.1 Å². The maximum absolute atomic E-state index is 9.76. The van der Waals surface area contributed by atoms with Crippen LogP contribution < -0.4 is 9.64 Å². The summed E-state index contributed by atoms with van der Waals surface area (Å²) in [5.41, 5.74) is 3.84. The Kier molecular flexibility index (Phi) is 3.34. The molecule has 0 amide bonds. The van der Waals surface area contributed by atoms with Crippen LogP contribution in [0.1, 0.15) is 5.56 Å². The van der Waals surface area contributed by atoms with Crippen molar-refractivity contribution in [3.05, 3.63) is 103 Å². The topological polar surface area (TPSA) is 36.3 Å². The van der Waals surface area contributed by atoms with Gasteiger partial charge in [-0.25, -0.2) is 0 Å². The Morgan fingerprint density at radius 3 is 1.88 bits per heavy atom. The van der Waals surface area contributed by atoms with Crippen LogP contribution in [-0.4, -0.2) is 0 Å². The first-order valence-corrected chi connectivity index (χ1v) is 10.6. The van der Waals surface area contributed by atoms with Gasteiger partial charge in [-0.3, -0.25) is 0 Å². The van der Waals surface area contributed by atoms with Crippen LogP contribution in [0.25, 0.3) is 32.3 Å². The van der Waals surface area contributed by atoms with E-state index in [2.05, 4.69) is 53.4 Å². The molecule has 0 fully saturated rings. The number of nitriles is 1. The zero-order valence-corrected chi connectivity index (χ0v) is 17.0. The summed E-state index contributed by atoms with van der Waals surface area (Å²) in [6.45, 7) is 0. The summed E-state index contributed by atoms with van der Waals surface area (Å²) in [6.07, 6.45) is 0. The van der Waals surface area contributed by atoms with E-state index in [0.29, 0.717) is 5.56 Å². The highest BCUT2D eigenvalue weighted by Crippen LogP contribution is 2.53. The molecule has 0 N–H and O–H groups in total. The SMILES string of the molecule is N#Cc1cc2cccc3c(N4c5ccccc5Oc5ccccc54)cc4cccc1c4c23. The molecule has 6 aromatic rings. The summed E-state index contributed by atoms with van der Waals surface area (Å²) < 4.78 is 6.22. The van der Waals surface area contributed by atoms with Gasteiger partial charge < -0.3 is 9.64 Å². The van der Waals surface area contributed by atoms with Gasteiger partial charge in [-0.05, 0) is 57.9 Å². The summed E-state index contributed by atoms with van der Waals surface area (Å²) in [4.78, 5) is 2.29. The maximum Gasteiger partial charge on any atom is 0.151 e. The number of nitrogens with zero attached hydrogens (tertiary/aromatic N) is 2. The molecule has 1 heterocycles. The predicted octanol–water partition coefficient (Wildman–Crippen LogP) is 8.03. The highest BCUT2D eigenvalue weighted by molar-refractivity contribution is 6.27. The normalized spacial score (nSPS) is 12.5. The van der Waals surface area contributed by atoms with Crippen LogP contribution in [0.2, 0.25) is 0 Å². The van der Waals surface area contributed by atoms with Crippen LogP contribution in [-0.2, 0) is 0 Å². The molecule has 0 saturated heterocycles. The smallest absolute Gasteiger partial charge is 0.151 e. The lowest BCUT2D eigenvalue weighted by atomic mass is 9.90. The molecule has 0 unspecified atom stereocenters. The molecule has 0 radical (unpaired) electrons. The fraction of sp³-hybridized carbons (Fsp3) is 0. The van der Waals surface area contributed by atoms with Crippen LogP contribution in [0, 0.1) is 11.3 Å². The largest absolute Gasteiger partial charge is 0.453 e. The summed E-state index contributed by atoms with van der Waals surface area (Å²) in [5.74, 6) is 1.67. The molecule has 148 valence electrons. The van der Waals surface area contributed by atoms with Crippen molar-refractivity contribution >= 4 is 49.4 Å². The van der Waals surface area contributed by atoms with Crippen molar-refractivity contribution in [2.24, 2.45) is 0 Å². The first-order chi connectivity index (χ1) is 15.8. The van der Waals surface area contributed by atoms with Crippen LogP contribution in [0.4, 0.5) is 17.1 Å². The minimum absolute atomic E-state index is 0.713. The van der Waals surface area contributed by atoms with Crippen LogP contribution in [0.3, 0.4) is 0 Å². The average Bonchev–Trinajstić information content (AvgIpc) is 2.85. The van der Waals surface area contributed by atoms with Gasteiger partial charge in [0.15, 0.2) is 11.5 Å². The molecule has 3 nitrogen and oxygen atoms in total. The monoisotopic (exact) mass is 408 g/mol. The van der Waals surface area contributed by atoms with Crippen molar-refractivity contribution in [1.82, 2.24) is 0 Å². The molecule has 7 rings (SSSR count). The third kappa shape index (κ3) is 2.18. The van der Waals surface area contributed by atoms with E-state index in [4.69, 9.17) is 4.74 Å². The fourth-order valence-corrected chi connectivity index (χ4v) is 5.08. The molecule has 3 heteroatoms. The summed E-state index contributed by atoms with van der Waals surface area (Å²) in [6, 6.07) is 35.5. The number of para-hydroxylation sites is 4. The Morgan fingerprint density at radius 1 is 0.594 bits per heavy atom. The summed E-state index contributed by atoms with van der Waals surface area (Å²) in [5, 5.41) is 16.5. The third-order valence-corrected chi connectivity index (χ3v) is 6.40. The minimum atomic E-state index is 0.713. The van der Waals surface area contributed by atoms with E-state index in [-0.39, 0.29) is 0 Å². The molecule has 1 aliphatic heterocycles. The van der Waals surface area contributed by atoms with Gasteiger partial charge in [0, 0.05) is 10.8 Å². The standard InChI is InChI=1S/C29H16N2O/c30-17-20-15-18-7-6-10-22-25(16-19-8-5-9-21(20)28(19)29(18)22)31-23-11-1-3-13-26(23)32-27-14-4-2-12-24(27)31/h1-16H. The number of rotatable bonds is 1. The Bertz CT molecular complexity index is 1680. The predicted molar refractivity (Wildman–Crippen MR) is 130 cm³/mol. The van der Waals surface area contributed by atoms with Crippen molar-refractivity contribution in [1.29, 1.82) is 5.26 Å². The van der Waals surface area contributed by atoms with Crippen LogP contribution >= 0.6 is 0 Å². The molecule has 0 aromatic heterocycles. The zero-order valence-electron chi connectivity index (χ0n) is 17.0. The lowest BCUT2D eigenvalue weighted by Gasteiger charge is -2.34. The van der Waals surface area contributed by atoms with Gasteiger partial charge in [-0.15, -0.1) is 0 Å². The van der Waals surface area contributed by atoms with E-state index in [1.165, 1.54) is 5.39 Å². The number of benzene rings is 6. The van der Waals surface area contributed by atoms with Crippen molar-refractivity contribution in [2.45, 2.75) is 0 Å². The van der Waals surface area contributed by atoms with E-state index < -0.39 is 0 Å². The number of anilines is 3.